The molecule has 0 radical (unpaired) electrons. The van der Waals surface area contributed by atoms with Crippen LogP contribution in [0.4, 0.5) is 0 Å². The summed E-state index contributed by atoms with van der Waals surface area (Å²) in [6.45, 7) is 12.0. The molecule has 1 N–H and O–H groups in total. The molecule has 1 aromatic carbocycles. The first kappa shape index (κ1) is 22.8. The lowest BCUT2D eigenvalue weighted by Gasteiger charge is -2.27. The van der Waals surface area contributed by atoms with Gasteiger partial charge in [0.15, 0.2) is 0 Å². The highest BCUT2D eigenvalue weighted by atomic mass is 32.2. The second kappa shape index (κ2) is 10.3. The molecule has 1 saturated heterocycles. The Hall–Kier alpha value is -1.48. The molecule has 0 spiro atoms. The molecule has 8 heteroatoms. The highest BCUT2D eigenvalue weighted by molar-refractivity contribution is 7.89. The topological polar surface area (TPSA) is 79.0 Å². The largest absolute Gasteiger partial charge is 0.379 e. The van der Waals surface area contributed by atoms with E-state index in [-0.39, 0.29) is 16.8 Å². The van der Waals surface area contributed by atoms with E-state index in [0.29, 0.717) is 44.8 Å². The Morgan fingerprint density at radius 1 is 1.21 bits per heavy atom. The van der Waals surface area contributed by atoms with Crippen LogP contribution in [-0.2, 0) is 21.2 Å². The Labute approximate surface area is 169 Å². The molecule has 0 aromatic heterocycles. The van der Waals surface area contributed by atoms with Crippen molar-refractivity contribution in [1.29, 1.82) is 0 Å². The van der Waals surface area contributed by atoms with Gasteiger partial charge in [0.2, 0.25) is 10.0 Å². The maximum absolute atomic E-state index is 13.1. The lowest BCUT2D eigenvalue weighted by atomic mass is 10.1. The quantitative estimate of drug-likeness (QED) is 0.670. The zero-order valence-electron chi connectivity index (χ0n) is 17.4. The fraction of sp³-hybridized carbons (Fsp3) is 0.650. The Morgan fingerprint density at radius 2 is 1.86 bits per heavy atom. The number of hydrogen-bond donors (Lipinski definition) is 1. The van der Waals surface area contributed by atoms with Crippen LogP contribution in [0.15, 0.2) is 23.1 Å². The molecule has 1 aliphatic heterocycles. The number of aryl methyl sites for hydroxylation is 1. The van der Waals surface area contributed by atoms with Crippen LogP contribution >= 0.6 is 0 Å². The van der Waals surface area contributed by atoms with Crippen molar-refractivity contribution in [3.63, 3.8) is 0 Å². The second-order valence-corrected chi connectivity index (χ2v) is 8.88. The summed E-state index contributed by atoms with van der Waals surface area (Å²) in [6.07, 6.45) is 0.583. The van der Waals surface area contributed by atoms with E-state index in [0.717, 1.165) is 18.7 Å². The number of hydrogen-bond acceptors (Lipinski definition) is 5. The lowest BCUT2D eigenvalue weighted by Crippen LogP contribution is -2.42. The number of nitrogens with one attached hydrogen (secondary N) is 1. The molecule has 158 valence electrons. The molecule has 1 unspecified atom stereocenters. The minimum Gasteiger partial charge on any atom is -0.379 e. The number of nitrogens with zero attached hydrogens (tertiary/aromatic N) is 2. The van der Waals surface area contributed by atoms with Gasteiger partial charge in [0.1, 0.15) is 0 Å². The predicted molar refractivity (Wildman–Crippen MR) is 110 cm³/mol. The molecule has 1 aromatic rings. The molecule has 0 aliphatic carbocycles. The predicted octanol–water partition coefficient (Wildman–Crippen LogP) is 1.73. The van der Waals surface area contributed by atoms with Crippen molar-refractivity contribution in [1.82, 2.24) is 14.5 Å². The molecule has 1 amide bonds. The number of morpholine rings is 1. The fourth-order valence-corrected chi connectivity index (χ4v) is 5.20. The van der Waals surface area contributed by atoms with E-state index in [1.54, 1.807) is 12.1 Å². The molecular weight excluding hydrogens is 378 g/mol. The molecule has 0 bridgehead atoms. The number of rotatable bonds is 9. The van der Waals surface area contributed by atoms with Gasteiger partial charge in [-0.2, -0.15) is 4.31 Å². The van der Waals surface area contributed by atoms with E-state index < -0.39 is 10.0 Å². The van der Waals surface area contributed by atoms with Crippen LogP contribution in [0.3, 0.4) is 0 Å². The number of ether oxygens (including phenoxy) is 1. The van der Waals surface area contributed by atoms with Crippen LogP contribution < -0.4 is 5.32 Å². The highest BCUT2D eigenvalue weighted by Gasteiger charge is 2.29. The third-order valence-electron chi connectivity index (χ3n) is 5.29. The van der Waals surface area contributed by atoms with Crippen molar-refractivity contribution in [2.75, 3.05) is 45.9 Å². The molecule has 1 fully saturated rings. The van der Waals surface area contributed by atoms with Gasteiger partial charge < -0.3 is 10.1 Å². The van der Waals surface area contributed by atoms with Crippen LogP contribution in [-0.4, -0.2) is 75.5 Å². The monoisotopic (exact) mass is 411 g/mol. The van der Waals surface area contributed by atoms with Gasteiger partial charge in [0.05, 0.1) is 18.1 Å². The SMILES string of the molecule is CCc1ccc(C(=O)NCC(C)N(CC)CC)cc1S(=O)(=O)N1CCOCC1. The van der Waals surface area contributed by atoms with Crippen molar-refractivity contribution in [3.05, 3.63) is 29.3 Å². The van der Waals surface area contributed by atoms with Crippen LogP contribution in [0.2, 0.25) is 0 Å². The average molecular weight is 412 g/mol. The van der Waals surface area contributed by atoms with Gasteiger partial charge in [-0.05, 0) is 44.1 Å². The van der Waals surface area contributed by atoms with Gasteiger partial charge in [0, 0.05) is 31.2 Å². The summed E-state index contributed by atoms with van der Waals surface area (Å²) < 4.78 is 32.9. The summed E-state index contributed by atoms with van der Waals surface area (Å²) >= 11 is 0. The third kappa shape index (κ3) is 5.31. The summed E-state index contributed by atoms with van der Waals surface area (Å²) in [5, 5.41) is 2.93. The fourth-order valence-electron chi connectivity index (χ4n) is 3.47. The number of likely N-dealkylation sites (N-methyl/N-ethyl adjacent to an activating group) is 1. The molecule has 2 rings (SSSR count). The van der Waals surface area contributed by atoms with Crippen LogP contribution in [0.25, 0.3) is 0 Å². The average Bonchev–Trinajstić information content (AvgIpc) is 2.73. The Morgan fingerprint density at radius 3 is 2.43 bits per heavy atom. The maximum Gasteiger partial charge on any atom is 0.251 e. The third-order valence-corrected chi connectivity index (χ3v) is 7.27. The van der Waals surface area contributed by atoms with Crippen LogP contribution in [0, 0.1) is 0 Å². The number of carbonyl (C=O) groups is 1. The van der Waals surface area contributed by atoms with Crippen LogP contribution in [0.1, 0.15) is 43.6 Å². The van der Waals surface area contributed by atoms with Gasteiger partial charge in [-0.1, -0.05) is 26.8 Å². The normalized spacial score (nSPS) is 16.9. The Balaban J connectivity index is 2.20. The van der Waals surface area contributed by atoms with Crippen molar-refractivity contribution >= 4 is 15.9 Å². The minimum atomic E-state index is -3.65. The first-order valence-corrected chi connectivity index (χ1v) is 11.5. The van der Waals surface area contributed by atoms with Crippen LogP contribution in [0.5, 0.6) is 0 Å². The van der Waals surface area contributed by atoms with Crippen molar-refractivity contribution in [2.24, 2.45) is 0 Å². The van der Waals surface area contributed by atoms with E-state index in [1.807, 2.05) is 6.92 Å². The number of benzene rings is 1. The zero-order valence-corrected chi connectivity index (χ0v) is 18.2. The Bertz CT molecular complexity index is 757. The summed E-state index contributed by atoms with van der Waals surface area (Å²) in [4.78, 5) is 15.1. The first-order chi connectivity index (χ1) is 13.3. The van der Waals surface area contributed by atoms with Crippen molar-refractivity contribution < 1.29 is 17.9 Å². The summed E-state index contributed by atoms with van der Waals surface area (Å²) in [6, 6.07) is 5.18. The van der Waals surface area contributed by atoms with E-state index in [9.17, 15) is 13.2 Å². The molecule has 0 saturated carbocycles. The first-order valence-electron chi connectivity index (χ1n) is 10.1. The van der Waals surface area contributed by atoms with Gasteiger partial charge in [-0.3, -0.25) is 9.69 Å². The Kier molecular flexibility index (Phi) is 8.42. The molecule has 1 heterocycles. The van der Waals surface area contributed by atoms with Crippen molar-refractivity contribution in [2.45, 2.75) is 45.1 Å². The molecule has 7 nitrogen and oxygen atoms in total. The zero-order chi connectivity index (χ0) is 20.7. The van der Waals surface area contributed by atoms with E-state index in [4.69, 9.17) is 4.74 Å². The molecule has 1 aliphatic rings. The summed E-state index contributed by atoms with van der Waals surface area (Å²) in [5.74, 6) is -0.250. The summed E-state index contributed by atoms with van der Waals surface area (Å²) in [7, 11) is -3.65. The molecule has 28 heavy (non-hydrogen) atoms. The van der Waals surface area contributed by atoms with E-state index in [2.05, 4.69) is 31.0 Å². The van der Waals surface area contributed by atoms with E-state index in [1.165, 1.54) is 10.4 Å². The number of carbonyl (C=O) groups excluding carboxylic acids is 1. The van der Waals surface area contributed by atoms with Gasteiger partial charge in [0.25, 0.3) is 5.91 Å². The molecule has 1 atom stereocenters. The van der Waals surface area contributed by atoms with Gasteiger partial charge in [-0.15, -0.1) is 0 Å². The highest BCUT2D eigenvalue weighted by Crippen LogP contribution is 2.23. The molecular formula is C20H33N3O4S. The van der Waals surface area contributed by atoms with Crippen molar-refractivity contribution in [3.8, 4) is 0 Å². The van der Waals surface area contributed by atoms with Gasteiger partial charge >= 0.3 is 0 Å². The number of amides is 1. The lowest BCUT2D eigenvalue weighted by molar-refractivity contribution is 0.0730. The smallest absolute Gasteiger partial charge is 0.251 e. The van der Waals surface area contributed by atoms with Gasteiger partial charge in [-0.25, -0.2) is 8.42 Å². The second-order valence-electron chi connectivity index (χ2n) is 6.97. The van der Waals surface area contributed by atoms with E-state index >= 15 is 0 Å². The number of sulfonamides is 1. The summed E-state index contributed by atoms with van der Waals surface area (Å²) in [5.41, 5.74) is 1.09. The maximum atomic E-state index is 13.1. The minimum absolute atomic E-state index is 0.213. The standard InChI is InChI=1S/C20H33N3O4S/c1-5-17-8-9-18(20(24)21-15-16(4)22(6-2)7-3)14-19(17)28(25,26)23-10-12-27-13-11-23/h8-9,14,16H,5-7,10-13,15H2,1-4H3,(H,21,24).